The van der Waals surface area contributed by atoms with E-state index in [1.165, 1.54) is 6.42 Å². The summed E-state index contributed by atoms with van der Waals surface area (Å²) in [5.74, 6) is 1.07. The molecule has 2 aliphatic rings. The monoisotopic (exact) mass is 402 g/mol. The molecule has 0 amide bonds. The first kappa shape index (κ1) is 19.2. The molecule has 3 aromatic rings. The van der Waals surface area contributed by atoms with Gasteiger partial charge in [-0.1, -0.05) is 6.92 Å². The minimum Gasteiger partial charge on any atom is -0.377 e. The normalized spacial score (nSPS) is 23.7. The standard InChI is InChI=1S/C23H26N6O/c1-16-9-17(13-29(12-16)23(5-6-24)14-30-15-23)10-20-18(3-2-7-25-20)21-11-27-22-19(28-21)4-8-26-22/h2-4,7-8,11,16-17H,5,9-10,12-15H2,1H3,(H,26,27)/t16-,17+/m0/s1. The molecule has 154 valence electrons. The van der Waals surface area contributed by atoms with Crippen molar-refractivity contribution in [2.75, 3.05) is 26.3 Å². The fourth-order valence-corrected chi connectivity index (χ4v) is 4.96. The van der Waals surface area contributed by atoms with Gasteiger partial charge in [0.2, 0.25) is 0 Å². The zero-order valence-electron chi connectivity index (χ0n) is 17.2. The number of rotatable bonds is 5. The van der Waals surface area contributed by atoms with Gasteiger partial charge in [0.15, 0.2) is 5.65 Å². The lowest BCUT2D eigenvalue weighted by atomic mass is 9.81. The van der Waals surface area contributed by atoms with E-state index in [-0.39, 0.29) is 5.54 Å². The quantitative estimate of drug-likeness (QED) is 0.705. The Hall–Kier alpha value is -2.82. The lowest BCUT2D eigenvalue weighted by Crippen LogP contribution is -2.65. The van der Waals surface area contributed by atoms with Gasteiger partial charge < -0.3 is 9.72 Å². The van der Waals surface area contributed by atoms with Crippen molar-refractivity contribution in [1.29, 1.82) is 5.26 Å². The third kappa shape index (κ3) is 3.47. The van der Waals surface area contributed by atoms with Gasteiger partial charge in [0.05, 0.1) is 48.8 Å². The number of nitriles is 1. The number of nitrogens with zero attached hydrogens (tertiary/aromatic N) is 5. The van der Waals surface area contributed by atoms with Crippen LogP contribution >= 0.6 is 0 Å². The molecule has 2 aliphatic heterocycles. The number of pyridine rings is 1. The highest BCUT2D eigenvalue weighted by atomic mass is 16.5. The predicted molar refractivity (Wildman–Crippen MR) is 113 cm³/mol. The van der Waals surface area contributed by atoms with Crippen LogP contribution in [0.25, 0.3) is 22.4 Å². The summed E-state index contributed by atoms with van der Waals surface area (Å²) in [4.78, 5) is 19.6. The summed E-state index contributed by atoms with van der Waals surface area (Å²) in [6.45, 7) is 5.66. The molecule has 0 radical (unpaired) electrons. The second-order valence-corrected chi connectivity index (χ2v) is 8.83. The number of aromatic amines is 1. The molecule has 7 nitrogen and oxygen atoms in total. The molecule has 5 heterocycles. The van der Waals surface area contributed by atoms with E-state index in [4.69, 9.17) is 14.7 Å². The van der Waals surface area contributed by atoms with E-state index >= 15 is 0 Å². The third-order valence-corrected chi connectivity index (χ3v) is 6.48. The molecule has 2 atom stereocenters. The summed E-state index contributed by atoms with van der Waals surface area (Å²) < 4.78 is 5.52. The number of nitrogens with one attached hydrogen (secondary N) is 1. The minimum atomic E-state index is -0.0978. The molecule has 0 aliphatic carbocycles. The molecule has 0 aromatic carbocycles. The van der Waals surface area contributed by atoms with Crippen LogP contribution in [0.5, 0.6) is 0 Å². The van der Waals surface area contributed by atoms with Crippen LogP contribution in [0.4, 0.5) is 0 Å². The molecule has 1 N–H and O–H groups in total. The Balaban J connectivity index is 1.40. The Kier molecular flexibility index (Phi) is 4.97. The van der Waals surface area contributed by atoms with Gasteiger partial charge in [0, 0.05) is 31.0 Å². The van der Waals surface area contributed by atoms with Crippen molar-refractivity contribution in [3.8, 4) is 17.3 Å². The van der Waals surface area contributed by atoms with Gasteiger partial charge in [-0.3, -0.25) is 9.88 Å². The largest absolute Gasteiger partial charge is 0.377 e. The second kappa shape index (κ2) is 7.78. The zero-order valence-corrected chi connectivity index (χ0v) is 17.2. The number of hydrogen-bond acceptors (Lipinski definition) is 6. The number of fused-ring (bicyclic) bond motifs is 1. The van der Waals surface area contributed by atoms with Crippen molar-refractivity contribution in [3.05, 3.63) is 42.5 Å². The van der Waals surface area contributed by atoms with Crippen molar-refractivity contribution in [2.24, 2.45) is 11.8 Å². The Morgan fingerprint density at radius 3 is 3.00 bits per heavy atom. The summed E-state index contributed by atoms with van der Waals surface area (Å²) in [5.41, 5.74) is 4.55. The Bertz CT molecular complexity index is 1080. The third-order valence-electron chi connectivity index (χ3n) is 6.48. The van der Waals surface area contributed by atoms with Gasteiger partial charge in [0.1, 0.15) is 5.52 Å². The molecule has 0 unspecified atom stereocenters. The number of likely N-dealkylation sites (tertiary alicyclic amines) is 1. The summed E-state index contributed by atoms with van der Waals surface area (Å²) in [5, 5.41) is 9.33. The topological polar surface area (TPSA) is 90.7 Å². The molecular weight excluding hydrogens is 376 g/mol. The Morgan fingerprint density at radius 2 is 2.20 bits per heavy atom. The smallest absolute Gasteiger partial charge is 0.156 e. The van der Waals surface area contributed by atoms with Crippen LogP contribution in [0.1, 0.15) is 25.5 Å². The first-order valence-corrected chi connectivity index (χ1v) is 10.6. The number of H-pyrrole nitrogens is 1. The fourth-order valence-electron chi connectivity index (χ4n) is 4.96. The van der Waals surface area contributed by atoms with E-state index in [1.807, 2.05) is 30.7 Å². The van der Waals surface area contributed by atoms with Gasteiger partial charge in [-0.15, -0.1) is 0 Å². The molecule has 2 saturated heterocycles. The summed E-state index contributed by atoms with van der Waals surface area (Å²) in [6.07, 6.45) is 8.14. The van der Waals surface area contributed by atoms with Crippen molar-refractivity contribution in [2.45, 2.75) is 31.7 Å². The van der Waals surface area contributed by atoms with E-state index in [0.29, 0.717) is 31.5 Å². The van der Waals surface area contributed by atoms with E-state index < -0.39 is 0 Å². The zero-order chi connectivity index (χ0) is 20.6. The molecular formula is C23H26N6O. The predicted octanol–water partition coefficient (Wildman–Crippen LogP) is 3.20. The minimum absolute atomic E-state index is 0.0978. The highest BCUT2D eigenvalue weighted by Gasteiger charge is 2.46. The van der Waals surface area contributed by atoms with E-state index in [0.717, 1.165) is 47.6 Å². The van der Waals surface area contributed by atoms with Crippen LogP contribution in [0.3, 0.4) is 0 Å². The fraction of sp³-hybridized carbons (Fsp3) is 0.478. The SMILES string of the molecule is C[C@H]1C[C@H](Cc2ncccc2-c2cnc3[nH]ccc3n2)CN(C2(CC#N)COC2)C1. The maximum absolute atomic E-state index is 9.33. The van der Waals surface area contributed by atoms with Crippen LogP contribution in [0.2, 0.25) is 0 Å². The summed E-state index contributed by atoms with van der Waals surface area (Å²) >= 11 is 0. The lowest BCUT2D eigenvalue weighted by molar-refractivity contribution is -0.153. The van der Waals surface area contributed by atoms with Gasteiger partial charge in [-0.05, 0) is 42.9 Å². The molecule has 5 rings (SSSR count). The molecule has 30 heavy (non-hydrogen) atoms. The number of piperidine rings is 1. The van der Waals surface area contributed by atoms with Crippen LogP contribution in [-0.2, 0) is 11.2 Å². The van der Waals surface area contributed by atoms with Gasteiger partial charge in [-0.25, -0.2) is 9.97 Å². The number of ether oxygens (including phenoxy) is 1. The average molecular weight is 403 g/mol. The van der Waals surface area contributed by atoms with Gasteiger partial charge in [-0.2, -0.15) is 5.26 Å². The molecule has 0 saturated carbocycles. The highest BCUT2D eigenvalue weighted by Crippen LogP contribution is 2.36. The average Bonchev–Trinajstić information content (AvgIpc) is 3.18. The molecule has 0 bridgehead atoms. The first-order chi connectivity index (χ1) is 14.7. The molecule has 3 aromatic heterocycles. The lowest BCUT2D eigenvalue weighted by Gasteiger charge is -2.52. The summed E-state index contributed by atoms with van der Waals surface area (Å²) in [6, 6.07) is 8.37. The van der Waals surface area contributed by atoms with Gasteiger partial charge in [0.25, 0.3) is 0 Å². The number of hydrogen-bond donors (Lipinski definition) is 1. The van der Waals surface area contributed by atoms with Crippen molar-refractivity contribution < 1.29 is 4.74 Å². The molecule has 7 heteroatoms. The van der Waals surface area contributed by atoms with Crippen LogP contribution in [0.15, 0.2) is 36.8 Å². The molecule has 2 fully saturated rings. The van der Waals surface area contributed by atoms with Crippen LogP contribution in [-0.4, -0.2) is 56.7 Å². The summed E-state index contributed by atoms with van der Waals surface area (Å²) in [7, 11) is 0. The van der Waals surface area contributed by atoms with E-state index in [2.05, 4.69) is 33.9 Å². The van der Waals surface area contributed by atoms with Crippen LogP contribution in [0, 0.1) is 23.2 Å². The maximum atomic E-state index is 9.33. The Morgan fingerprint density at radius 1 is 1.30 bits per heavy atom. The van der Waals surface area contributed by atoms with Crippen molar-refractivity contribution in [3.63, 3.8) is 0 Å². The molecule has 0 spiro atoms. The van der Waals surface area contributed by atoms with E-state index in [9.17, 15) is 5.26 Å². The van der Waals surface area contributed by atoms with Crippen molar-refractivity contribution >= 4 is 11.2 Å². The highest BCUT2D eigenvalue weighted by molar-refractivity contribution is 5.74. The Labute approximate surface area is 176 Å². The van der Waals surface area contributed by atoms with Crippen LogP contribution < -0.4 is 0 Å². The van der Waals surface area contributed by atoms with Gasteiger partial charge >= 0.3 is 0 Å². The maximum Gasteiger partial charge on any atom is 0.156 e. The van der Waals surface area contributed by atoms with Crippen molar-refractivity contribution in [1.82, 2.24) is 24.8 Å². The second-order valence-electron chi connectivity index (χ2n) is 8.83. The number of aromatic nitrogens is 4. The van der Waals surface area contributed by atoms with E-state index in [1.54, 1.807) is 0 Å². The first-order valence-electron chi connectivity index (χ1n) is 10.6.